The van der Waals surface area contributed by atoms with E-state index in [0.29, 0.717) is 5.56 Å². The largest absolute Gasteiger partial charge is 0.480 e. The van der Waals surface area contributed by atoms with Gasteiger partial charge in [-0.15, -0.1) is 0 Å². The zero-order valence-electron chi connectivity index (χ0n) is 8.33. The third-order valence-electron chi connectivity index (χ3n) is 2.02. The van der Waals surface area contributed by atoms with Gasteiger partial charge < -0.3 is 21.3 Å². The second-order valence-corrected chi connectivity index (χ2v) is 3.62. The Morgan fingerprint density at radius 1 is 1.38 bits per heavy atom. The Morgan fingerprint density at radius 2 is 1.94 bits per heavy atom. The van der Waals surface area contributed by atoms with Crippen molar-refractivity contribution in [2.75, 3.05) is 0 Å². The Morgan fingerprint density at radius 3 is 2.38 bits per heavy atom. The number of aliphatic carboxylic acids is 1. The van der Waals surface area contributed by atoms with E-state index in [-0.39, 0.29) is 5.11 Å². The van der Waals surface area contributed by atoms with Gasteiger partial charge in [0.25, 0.3) is 0 Å². The number of hydrogen-bond acceptors (Lipinski definition) is 3. The Bertz CT molecular complexity index is 383. The fraction of sp³-hybridized carbons (Fsp3) is 0.200. The second kappa shape index (κ2) is 5.43. The summed E-state index contributed by atoms with van der Waals surface area (Å²) in [5, 5.41) is 20.9. The van der Waals surface area contributed by atoms with E-state index in [2.05, 4.69) is 17.5 Å². The number of carboxylic acids is 1. The van der Waals surface area contributed by atoms with Crippen molar-refractivity contribution in [3.05, 3.63) is 35.9 Å². The lowest BCUT2D eigenvalue weighted by Gasteiger charge is -2.20. The minimum absolute atomic E-state index is 0.164. The van der Waals surface area contributed by atoms with E-state index >= 15 is 0 Å². The molecular weight excluding hydrogens is 228 g/mol. The van der Waals surface area contributed by atoms with Gasteiger partial charge in [-0.25, -0.2) is 4.79 Å². The molecule has 5 nitrogen and oxygen atoms in total. The molecule has 0 aliphatic carbocycles. The van der Waals surface area contributed by atoms with Gasteiger partial charge in [-0.1, -0.05) is 30.3 Å². The predicted octanol–water partition coefficient (Wildman–Crippen LogP) is 0.00640. The van der Waals surface area contributed by atoms with Crippen LogP contribution in [0.4, 0.5) is 0 Å². The summed E-state index contributed by atoms with van der Waals surface area (Å²) in [4.78, 5) is 10.9. The van der Waals surface area contributed by atoms with E-state index < -0.39 is 18.1 Å². The molecular formula is C10H12N2O3S. The molecule has 0 aliphatic rings. The molecule has 6 heteroatoms. The Kier molecular flexibility index (Phi) is 4.21. The summed E-state index contributed by atoms with van der Waals surface area (Å²) in [6, 6.07) is 7.19. The van der Waals surface area contributed by atoms with Gasteiger partial charge in [0.2, 0.25) is 0 Å². The molecule has 0 radical (unpaired) electrons. The number of benzene rings is 1. The maximum atomic E-state index is 10.9. The summed E-state index contributed by atoms with van der Waals surface area (Å²) in [5.74, 6) is -1.22. The number of hydrogen-bond donors (Lipinski definition) is 4. The molecule has 2 atom stereocenters. The molecule has 86 valence electrons. The summed E-state index contributed by atoms with van der Waals surface area (Å²) in [6.07, 6.45) is -1.21. The lowest BCUT2D eigenvalue weighted by Crippen LogP contribution is -2.47. The molecule has 0 unspecified atom stereocenters. The van der Waals surface area contributed by atoms with Gasteiger partial charge in [-0.3, -0.25) is 0 Å². The number of nitrogens with two attached hydrogens (primary N) is 1. The van der Waals surface area contributed by atoms with Gasteiger partial charge in [0, 0.05) is 0 Å². The van der Waals surface area contributed by atoms with Gasteiger partial charge in [-0.05, 0) is 17.8 Å². The van der Waals surface area contributed by atoms with Gasteiger partial charge in [0.1, 0.15) is 6.10 Å². The lowest BCUT2D eigenvalue weighted by molar-refractivity contribution is -0.142. The zero-order valence-corrected chi connectivity index (χ0v) is 9.15. The number of carboxylic acid groups (broad SMARTS) is 1. The SMILES string of the molecule is NC(=S)N[C@@H](C(=O)O)[C@H](O)c1ccccc1. The van der Waals surface area contributed by atoms with Crippen LogP contribution in [0.15, 0.2) is 30.3 Å². The van der Waals surface area contributed by atoms with Crippen LogP contribution in [-0.4, -0.2) is 27.3 Å². The maximum absolute atomic E-state index is 10.9. The van der Waals surface area contributed by atoms with Crippen LogP contribution >= 0.6 is 12.2 Å². The van der Waals surface area contributed by atoms with Crippen LogP contribution in [0, 0.1) is 0 Å². The maximum Gasteiger partial charge on any atom is 0.329 e. The summed E-state index contributed by atoms with van der Waals surface area (Å²) in [6.45, 7) is 0. The second-order valence-electron chi connectivity index (χ2n) is 3.18. The van der Waals surface area contributed by atoms with Crippen molar-refractivity contribution in [3.63, 3.8) is 0 Å². The molecule has 0 aliphatic heterocycles. The minimum Gasteiger partial charge on any atom is -0.480 e. The number of rotatable bonds is 4. The summed E-state index contributed by atoms with van der Waals surface area (Å²) < 4.78 is 0. The Balaban J connectivity index is 2.87. The summed E-state index contributed by atoms with van der Waals surface area (Å²) in [5.41, 5.74) is 5.68. The first-order valence-corrected chi connectivity index (χ1v) is 4.95. The van der Waals surface area contributed by atoms with E-state index in [4.69, 9.17) is 10.8 Å². The molecule has 0 heterocycles. The Hall–Kier alpha value is -1.66. The first kappa shape index (κ1) is 12.4. The molecule has 0 saturated heterocycles. The lowest BCUT2D eigenvalue weighted by atomic mass is 10.0. The zero-order chi connectivity index (χ0) is 12.1. The number of thiocarbonyl (C=S) groups is 1. The highest BCUT2D eigenvalue weighted by atomic mass is 32.1. The molecule has 1 rings (SSSR count). The molecule has 0 fully saturated rings. The molecule has 5 N–H and O–H groups in total. The van der Waals surface area contributed by atoms with Gasteiger partial charge in [0.15, 0.2) is 11.2 Å². The average molecular weight is 240 g/mol. The number of nitrogens with one attached hydrogen (secondary N) is 1. The van der Waals surface area contributed by atoms with E-state index in [9.17, 15) is 9.90 Å². The highest BCUT2D eigenvalue weighted by molar-refractivity contribution is 7.80. The van der Waals surface area contributed by atoms with Gasteiger partial charge in [-0.2, -0.15) is 0 Å². The summed E-state index contributed by atoms with van der Waals surface area (Å²) in [7, 11) is 0. The highest BCUT2D eigenvalue weighted by Crippen LogP contribution is 2.16. The predicted molar refractivity (Wildman–Crippen MR) is 62.7 cm³/mol. The standard InChI is InChI=1S/C10H12N2O3S/c11-10(16)12-7(9(14)15)8(13)6-4-2-1-3-5-6/h1-5,7-8,13H,(H,14,15)(H3,11,12,16)/t7-,8-/m1/s1. The molecule has 0 spiro atoms. The molecule has 0 amide bonds. The number of aliphatic hydroxyl groups is 1. The van der Waals surface area contributed by atoms with E-state index in [1.54, 1.807) is 30.3 Å². The van der Waals surface area contributed by atoms with Crippen molar-refractivity contribution in [3.8, 4) is 0 Å². The Labute approximate surface area is 97.9 Å². The third kappa shape index (κ3) is 3.18. The van der Waals surface area contributed by atoms with Crippen LogP contribution in [-0.2, 0) is 4.79 Å². The molecule has 0 saturated carbocycles. The van der Waals surface area contributed by atoms with Crippen LogP contribution in [0.1, 0.15) is 11.7 Å². The third-order valence-corrected chi connectivity index (χ3v) is 2.14. The van der Waals surface area contributed by atoms with Crippen LogP contribution < -0.4 is 11.1 Å². The topological polar surface area (TPSA) is 95.6 Å². The molecule has 0 aromatic heterocycles. The molecule has 1 aromatic carbocycles. The number of carbonyl (C=O) groups is 1. The molecule has 1 aromatic rings. The van der Waals surface area contributed by atoms with Crippen molar-refractivity contribution in [1.82, 2.24) is 5.32 Å². The summed E-state index contributed by atoms with van der Waals surface area (Å²) >= 11 is 4.55. The molecule has 16 heavy (non-hydrogen) atoms. The van der Waals surface area contributed by atoms with E-state index in [1.165, 1.54) is 0 Å². The highest BCUT2D eigenvalue weighted by Gasteiger charge is 2.27. The molecule has 0 bridgehead atoms. The minimum atomic E-state index is -1.25. The van der Waals surface area contributed by atoms with Crippen LogP contribution in [0.25, 0.3) is 0 Å². The van der Waals surface area contributed by atoms with Crippen molar-refractivity contribution in [1.29, 1.82) is 0 Å². The van der Waals surface area contributed by atoms with Crippen molar-refractivity contribution in [2.24, 2.45) is 5.73 Å². The quantitative estimate of drug-likeness (QED) is 0.554. The fourth-order valence-electron chi connectivity index (χ4n) is 1.27. The van der Waals surface area contributed by atoms with Crippen molar-refractivity contribution in [2.45, 2.75) is 12.1 Å². The van der Waals surface area contributed by atoms with Crippen LogP contribution in [0.5, 0.6) is 0 Å². The smallest absolute Gasteiger partial charge is 0.329 e. The van der Waals surface area contributed by atoms with Gasteiger partial charge in [0.05, 0.1) is 0 Å². The first-order chi connectivity index (χ1) is 7.52. The number of aliphatic hydroxyl groups excluding tert-OH is 1. The average Bonchev–Trinajstić information content (AvgIpc) is 2.25. The monoisotopic (exact) mass is 240 g/mol. The van der Waals surface area contributed by atoms with Crippen molar-refractivity contribution < 1.29 is 15.0 Å². The van der Waals surface area contributed by atoms with Crippen LogP contribution in [0.2, 0.25) is 0 Å². The van der Waals surface area contributed by atoms with E-state index in [0.717, 1.165) is 0 Å². The fourth-order valence-corrected chi connectivity index (χ4v) is 1.40. The van der Waals surface area contributed by atoms with Crippen molar-refractivity contribution >= 4 is 23.3 Å². The first-order valence-electron chi connectivity index (χ1n) is 4.54. The van der Waals surface area contributed by atoms with E-state index in [1.807, 2.05) is 0 Å². The normalized spacial score (nSPS) is 13.8. The van der Waals surface area contributed by atoms with Crippen LogP contribution in [0.3, 0.4) is 0 Å². The van der Waals surface area contributed by atoms with Gasteiger partial charge >= 0.3 is 5.97 Å².